The first-order chi connectivity index (χ1) is 13.7. The average molecular weight is 364 g/mol. The molecule has 0 unspecified atom stereocenters. The number of rotatable bonds is 4. The van der Waals surface area contributed by atoms with Gasteiger partial charge in [0.2, 0.25) is 0 Å². The van der Waals surface area contributed by atoms with Crippen LogP contribution in [0.1, 0.15) is 12.5 Å². The number of aromatic nitrogens is 1. The van der Waals surface area contributed by atoms with Gasteiger partial charge in [-0.05, 0) is 29.7 Å². The molecule has 0 aliphatic carbocycles. The molecule has 3 heteroatoms. The van der Waals surface area contributed by atoms with Gasteiger partial charge in [0.05, 0.1) is 11.4 Å². The highest BCUT2D eigenvalue weighted by molar-refractivity contribution is 5.98. The summed E-state index contributed by atoms with van der Waals surface area (Å²) in [6.07, 6.45) is 0. The van der Waals surface area contributed by atoms with Gasteiger partial charge in [-0.1, -0.05) is 91.0 Å². The summed E-state index contributed by atoms with van der Waals surface area (Å²) in [5.74, 6) is 0. The largest absolute Gasteiger partial charge is 0.272 e. The Morgan fingerprint density at radius 3 is 1.82 bits per heavy atom. The van der Waals surface area contributed by atoms with Gasteiger partial charge in [0.25, 0.3) is 5.56 Å². The predicted octanol–water partition coefficient (Wildman–Crippen LogP) is 5.45. The Hall–Kier alpha value is -3.72. The van der Waals surface area contributed by atoms with Crippen molar-refractivity contribution in [1.82, 2.24) is 4.68 Å². The summed E-state index contributed by atoms with van der Waals surface area (Å²) >= 11 is 0. The van der Waals surface area contributed by atoms with E-state index in [1.165, 1.54) is 4.68 Å². The Morgan fingerprint density at radius 2 is 1.21 bits per heavy atom. The van der Waals surface area contributed by atoms with E-state index in [-0.39, 0.29) is 5.56 Å². The topological polar surface area (TPSA) is 34.4 Å². The van der Waals surface area contributed by atoms with E-state index in [0.29, 0.717) is 0 Å². The number of hydrogen-bond donors (Lipinski definition) is 0. The SMILES string of the molecule is C/C(=N/n1c(-c2ccccc2)cc(-c2ccccc2)cc1=O)c1ccccc1. The van der Waals surface area contributed by atoms with Crippen molar-refractivity contribution in [1.29, 1.82) is 0 Å². The maximum Gasteiger partial charge on any atom is 0.272 e. The van der Waals surface area contributed by atoms with Gasteiger partial charge >= 0.3 is 0 Å². The highest BCUT2D eigenvalue weighted by Crippen LogP contribution is 2.25. The fourth-order valence-electron chi connectivity index (χ4n) is 3.17. The predicted molar refractivity (Wildman–Crippen MR) is 116 cm³/mol. The quantitative estimate of drug-likeness (QED) is 0.443. The Balaban J connectivity index is 1.92. The van der Waals surface area contributed by atoms with E-state index in [4.69, 9.17) is 0 Å². The maximum absolute atomic E-state index is 13.0. The van der Waals surface area contributed by atoms with Crippen LogP contribution in [0.3, 0.4) is 0 Å². The van der Waals surface area contributed by atoms with Crippen LogP contribution in [0.25, 0.3) is 22.4 Å². The van der Waals surface area contributed by atoms with Crippen molar-refractivity contribution in [3.63, 3.8) is 0 Å². The molecule has 0 fully saturated rings. The Labute approximate surface area is 164 Å². The van der Waals surface area contributed by atoms with E-state index in [1.807, 2.05) is 104 Å². The smallest absolute Gasteiger partial charge is 0.267 e. The van der Waals surface area contributed by atoms with Crippen LogP contribution in [-0.4, -0.2) is 10.4 Å². The van der Waals surface area contributed by atoms with E-state index in [0.717, 1.165) is 33.7 Å². The minimum absolute atomic E-state index is 0.157. The van der Waals surface area contributed by atoms with Crippen molar-refractivity contribution in [3.8, 4) is 22.4 Å². The molecule has 1 aromatic heterocycles. The van der Waals surface area contributed by atoms with Gasteiger partial charge < -0.3 is 0 Å². The van der Waals surface area contributed by atoms with Crippen LogP contribution in [0.5, 0.6) is 0 Å². The molecule has 3 aromatic carbocycles. The fraction of sp³-hybridized carbons (Fsp3) is 0.0400. The third kappa shape index (κ3) is 3.69. The third-order valence-corrected chi connectivity index (χ3v) is 4.63. The highest BCUT2D eigenvalue weighted by atomic mass is 16.1. The number of benzene rings is 3. The normalized spacial score (nSPS) is 11.4. The van der Waals surface area contributed by atoms with E-state index in [2.05, 4.69) is 5.10 Å². The van der Waals surface area contributed by atoms with Crippen LogP contribution >= 0.6 is 0 Å². The molecule has 0 spiro atoms. The molecule has 136 valence electrons. The minimum atomic E-state index is -0.157. The molecular formula is C25H20N2O. The van der Waals surface area contributed by atoms with Crippen molar-refractivity contribution in [2.24, 2.45) is 5.10 Å². The van der Waals surface area contributed by atoms with Crippen LogP contribution in [0.4, 0.5) is 0 Å². The van der Waals surface area contributed by atoms with Gasteiger partial charge in [-0.2, -0.15) is 9.78 Å². The summed E-state index contributed by atoms with van der Waals surface area (Å²) in [6.45, 7) is 1.92. The fourth-order valence-corrected chi connectivity index (χ4v) is 3.17. The summed E-state index contributed by atoms with van der Waals surface area (Å²) in [4.78, 5) is 13.0. The van der Waals surface area contributed by atoms with Crippen molar-refractivity contribution in [3.05, 3.63) is 119 Å². The molecule has 3 nitrogen and oxygen atoms in total. The lowest BCUT2D eigenvalue weighted by molar-refractivity contribution is 0.837. The van der Waals surface area contributed by atoms with Crippen molar-refractivity contribution < 1.29 is 0 Å². The second-order valence-electron chi connectivity index (χ2n) is 6.56. The molecule has 0 saturated heterocycles. The van der Waals surface area contributed by atoms with Crippen LogP contribution in [-0.2, 0) is 0 Å². The van der Waals surface area contributed by atoms with Gasteiger partial charge in [-0.3, -0.25) is 4.79 Å². The Bertz CT molecular complexity index is 1160. The zero-order valence-corrected chi connectivity index (χ0v) is 15.6. The standard InChI is InChI=1S/C25H20N2O/c1-19(20-11-5-2-6-12-20)26-27-24(22-15-9-4-10-16-22)17-23(18-25(27)28)21-13-7-3-8-14-21/h2-18H,1H3/b26-19-. The van der Waals surface area contributed by atoms with Crippen LogP contribution in [0.15, 0.2) is 113 Å². The molecule has 0 N–H and O–H groups in total. The Kier molecular flexibility index (Phi) is 4.98. The summed E-state index contributed by atoms with van der Waals surface area (Å²) in [5.41, 5.74) is 5.22. The monoisotopic (exact) mass is 364 g/mol. The van der Waals surface area contributed by atoms with Crippen LogP contribution in [0, 0.1) is 0 Å². The summed E-state index contributed by atoms with van der Waals surface area (Å²) in [6, 6.07) is 33.4. The molecule has 0 saturated carbocycles. The summed E-state index contributed by atoms with van der Waals surface area (Å²) in [7, 11) is 0. The third-order valence-electron chi connectivity index (χ3n) is 4.63. The second-order valence-corrected chi connectivity index (χ2v) is 6.56. The zero-order chi connectivity index (χ0) is 19.3. The molecule has 28 heavy (non-hydrogen) atoms. The van der Waals surface area contributed by atoms with Gasteiger partial charge in [0.15, 0.2) is 0 Å². The number of pyridine rings is 1. The van der Waals surface area contributed by atoms with E-state index in [1.54, 1.807) is 6.07 Å². The van der Waals surface area contributed by atoms with Gasteiger partial charge in [-0.25, -0.2) is 0 Å². The molecule has 0 aliphatic heterocycles. The van der Waals surface area contributed by atoms with Crippen LogP contribution in [0.2, 0.25) is 0 Å². The molecule has 4 rings (SSSR count). The lowest BCUT2D eigenvalue weighted by atomic mass is 10.0. The van der Waals surface area contributed by atoms with E-state index < -0.39 is 0 Å². The first-order valence-corrected chi connectivity index (χ1v) is 9.21. The van der Waals surface area contributed by atoms with Crippen molar-refractivity contribution in [2.45, 2.75) is 6.92 Å². The van der Waals surface area contributed by atoms with E-state index >= 15 is 0 Å². The molecule has 0 radical (unpaired) electrons. The second kappa shape index (κ2) is 7.89. The molecular weight excluding hydrogens is 344 g/mol. The van der Waals surface area contributed by atoms with Gasteiger partial charge in [0, 0.05) is 11.6 Å². The molecule has 0 atom stereocenters. The maximum atomic E-state index is 13.0. The number of hydrogen-bond acceptors (Lipinski definition) is 2. The average Bonchev–Trinajstić information content (AvgIpc) is 2.76. The Morgan fingerprint density at radius 1 is 0.679 bits per heavy atom. The molecule has 1 heterocycles. The van der Waals surface area contributed by atoms with Gasteiger partial charge in [0.1, 0.15) is 0 Å². The summed E-state index contributed by atoms with van der Waals surface area (Å²) < 4.78 is 1.49. The molecule has 0 aliphatic rings. The molecule has 0 amide bonds. The lowest BCUT2D eigenvalue weighted by Crippen LogP contribution is -2.19. The zero-order valence-electron chi connectivity index (χ0n) is 15.6. The molecule has 4 aromatic rings. The summed E-state index contributed by atoms with van der Waals surface area (Å²) in [5, 5.41) is 4.66. The number of nitrogens with zero attached hydrogens (tertiary/aromatic N) is 2. The van der Waals surface area contributed by atoms with Gasteiger partial charge in [-0.15, -0.1) is 0 Å². The van der Waals surface area contributed by atoms with E-state index in [9.17, 15) is 4.79 Å². The molecule has 0 bridgehead atoms. The minimum Gasteiger partial charge on any atom is -0.267 e. The van der Waals surface area contributed by atoms with Crippen molar-refractivity contribution >= 4 is 5.71 Å². The highest BCUT2D eigenvalue weighted by Gasteiger charge is 2.11. The van der Waals surface area contributed by atoms with Crippen molar-refractivity contribution in [2.75, 3.05) is 0 Å². The first kappa shape index (κ1) is 17.7. The van der Waals surface area contributed by atoms with Crippen LogP contribution < -0.4 is 5.56 Å². The first-order valence-electron chi connectivity index (χ1n) is 9.21. The lowest BCUT2D eigenvalue weighted by Gasteiger charge is -2.12.